The van der Waals surface area contributed by atoms with Gasteiger partial charge in [-0.3, -0.25) is 9.52 Å². The number of rotatable bonds is 6. The van der Waals surface area contributed by atoms with E-state index in [0.717, 1.165) is 107 Å². The molecule has 2 aromatic rings. The van der Waals surface area contributed by atoms with Crippen LogP contribution >= 0.6 is 11.6 Å². The lowest BCUT2D eigenvalue weighted by Gasteiger charge is -2.51. The van der Waals surface area contributed by atoms with Gasteiger partial charge in [0.1, 0.15) is 5.75 Å². The van der Waals surface area contributed by atoms with E-state index in [1.807, 2.05) is 25.1 Å². The Morgan fingerprint density at radius 3 is 2.71 bits per heavy atom. The number of anilines is 1. The molecule has 2 aromatic carbocycles. The highest BCUT2D eigenvalue weighted by molar-refractivity contribution is 7.99. The van der Waals surface area contributed by atoms with E-state index in [4.69, 9.17) is 22.1 Å². The Labute approximate surface area is 299 Å². The fraction of sp³-hybridized carbons (Fsp3) is 0.650. The molecule has 270 valence electrons. The number of halogens is 1. The van der Waals surface area contributed by atoms with Crippen LogP contribution < -0.4 is 20.1 Å². The number of amides is 1. The smallest absolute Gasteiger partial charge is 0.262 e. The van der Waals surface area contributed by atoms with Crippen LogP contribution in [0.3, 0.4) is 0 Å². The number of aliphatic hydroxyl groups is 1. The molecule has 6 rings (SSSR count). The van der Waals surface area contributed by atoms with Gasteiger partial charge in [-0.05, 0) is 149 Å². The van der Waals surface area contributed by atoms with Gasteiger partial charge in [-0.1, -0.05) is 44.4 Å². The second-order valence-corrected chi connectivity index (χ2v) is 18.8. The van der Waals surface area contributed by atoms with Gasteiger partial charge in [0.25, 0.3) is 5.91 Å². The van der Waals surface area contributed by atoms with Crippen LogP contribution in [0.15, 0.2) is 36.4 Å². The fourth-order valence-corrected chi connectivity index (χ4v) is 11.2. The van der Waals surface area contributed by atoms with E-state index < -0.39 is 15.3 Å². The maximum Gasteiger partial charge on any atom is 0.262 e. The molecule has 1 saturated carbocycles. The summed E-state index contributed by atoms with van der Waals surface area (Å²) in [6.07, 6.45) is 11.3. The Bertz CT molecular complexity index is 1620. The van der Waals surface area contributed by atoms with Crippen molar-refractivity contribution in [1.29, 1.82) is 0 Å². The highest BCUT2D eigenvalue weighted by Crippen LogP contribution is 2.50. The summed E-state index contributed by atoms with van der Waals surface area (Å²) in [6.45, 7) is 8.99. The summed E-state index contributed by atoms with van der Waals surface area (Å²) in [4.78, 5) is 16.2. The largest absolute Gasteiger partial charge is 0.490 e. The van der Waals surface area contributed by atoms with E-state index in [2.05, 4.69) is 41.5 Å². The molecule has 4 aliphatic rings. The maximum absolute atomic E-state index is 13.9. The van der Waals surface area contributed by atoms with Gasteiger partial charge in [0.05, 0.1) is 27.6 Å². The molecule has 7 nitrogen and oxygen atoms in total. The van der Waals surface area contributed by atoms with E-state index in [-0.39, 0.29) is 28.4 Å². The van der Waals surface area contributed by atoms with Crippen LogP contribution in [-0.2, 0) is 21.5 Å². The molecular formula is C40H58ClN3O4S. The summed E-state index contributed by atoms with van der Waals surface area (Å²) in [7, 11) is -2.94. The minimum absolute atomic E-state index is 0.0687. The maximum atomic E-state index is 13.9. The number of nitrogens with two attached hydrogens (primary N) is 1. The molecule has 0 saturated heterocycles. The van der Waals surface area contributed by atoms with Gasteiger partial charge in [-0.15, -0.1) is 0 Å². The molecule has 1 unspecified atom stereocenters. The van der Waals surface area contributed by atoms with E-state index in [1.54, 1.807) is 6.07 Å². The third-order valence-corrected chi connectivity index (χ3v) is 15.3. The van der Waals surface area contributed by atoms with Gasteiger partial charge in [0.15, 0.2) is 0 Å². The number of aryl methyl sites for hydroxylation is 1. The van der Waals surface area contributed by atoms with Crippen molar-refractivity contribution in [3.8, 4) is 5.75 Å². The van der Waals surface area contributed by atoms with Crippen molar-refractivity contribution in [3.05, 3.63) is 58.1 Å². The molecule has 1 amide bonds. The number of fused-ring (bicyclic) bond motifs is 4. The predicted octanol–water partition coefficient (Wildman–Crippen LogP) is 7.30. The Kier molecular flexibility index (Phi) is 11.0. The van der Waals surface area contributed by atoms with Crippen molar-refractivity contribution in [2.45, 2.75) is 114 Å². The third-order valence-electron chi connectivity index (χ3n) is 12.8. The predicted molar refractivity (Wildman–Crippen MR) is 203 cm³/mol. The Hall–Kier alpha value is -2.26. The average molecular weight is 712 g/mol. The Morgan fingerprint density at radius 2 is 1.98 bits per heavy atom. The lowest BCUT2D eigenvalue weighted by atomic mass is 9.60. The van der Waals surface area contributed by atoms with Crippen molar-refractivity contribution in [3.63, 3.8) is 0 Å². The van der Waals surface area contributed by atoms with Crippen LogP contribution in [-0.4, -0.2) is 58.2 Å². The van der Waals surface area contributed by atoms with Crippen LogP contribution in [0.4, 0.5) is 5.69 Å². The van der Waals surface area contributed by atoms with Gasteiger partial charge in [-0.2, -0.15) is 0 Å². The van der Waals surface area contributed by atoms with Gasteiger partial charge in [0, 0.05) is 34.3 Å². The molecule has 49 heavy (non-hydrogen) atoms. The molecule has 0 radical (unpaired) electrons. The number of carbonyl (C=O) groups is 1. The Balaban J connectivity index is 1.42. The number of nitrogens with one attached hydrogen (secondary N) is 1. The Morgan fingerprint density at radius 1 is 1.16 bits per heavy atom. The highest BCUT2D eigenvalue weighted by Gasteiger charge is 2.49. The molecule has 2 aliphatic carbocycles. The molecule has 2 bridgehead atoms. The lowest BCUT2D eigenvalue weighted by Crippen LogP contribution is -2.53. The van der Waals surface area contributed by atoms with E-state index in [0.29, 0.717) is 30.6 Å². The first-order valence-corrected chi connectivity index (χ1v) is 21.0. The minimum atomic E-state index is -2.94. The average Bonchev–Trinajstić information content (AvgIpc) is 3.20. The summed E-state index contributed by atoms with van der Waals surface area (Å²) >= 11 is 6.48. The number of nitrogens with zero attached hydrogens (tertiary/aromatic N) is 1. The van der Waals surface area contributed by atoms with Crippen LogP contribution in [0.25, 0.3) is 0 Å². The topological polar surface area (TPSA) is 105 Å². The SMILES string of the molecule is C=S1(=O)NC(=O)c2ccc3c(c2)N(C[C@@H]2CC[C@H]2[C@@](O)(C[C@@H](CC)CCCN)CCC[C@H](C)[C@H]1C)C[C@@]1(CCCc2cc(Cl)ccc21)CO3. The monoisotopic (exact) mass is 711 g/mol. The molecular weight excluding hydrogens is 654 g/mol. The van der Waals surface area contributed by atoms with Crippen LogP contribution in [0.5, 0.6) is 5.75 Å². The van der Waals surface area contributed by atoms with Gasteiger partial charge in [-0.25, -0.2) is 4.21 Å². The fourth-order valence-electron chi connectivity index (χ4n) is 9.48. The molecule has 0 aromatic heterocycles. The third kappa shape index (κ3) is 7.54. The van der Waals surface area contributed by atoms with Crippen LogP contribution in [0.1, 0.15) is 113 Å². The lowest BCUT2D eigenvalue weighted by molar-refractivity contribution is -0.104. The summed E-state index contributed by atoms with van der Waals surface area (Å²) < 4.78 is 23.5. The normalized spacial score (nSPS) is 34.1. The van der Waals surface area contributed by atoms with Crippen LogP contribution in [0, 0.1) is 23.7 Å². The molecule has 9 heteroatoms. The van der Waals surface area contributed by atoms with Crippen molar-refractivity contribution < 1.29 is 18.8 Å². The molecule has 4 N–H and O–H groups in total. The zero-order chi connectivity index (χ0) is 35.0. The first-order chi connectivity index (χ1) is 23.4. The molecule has 2 heterocycles. The standard InChI is InChI=1S/C40H58ClN3O4S/c1-5-29(10-8-20-42)23-40(46)19-6-9-27(2)28(3)49(4,47)43-38(45)31-13-17-37-36(22-31)44(24-32-12-15-35(32)40)25-39(26-48-37)18-7-11-30-21-33(41)14-16-34(30)39/h13-14,16-17,21-22,27-29,32,35,46H,4-12,15,18-20,23-26,42H2,1-3H3,(H,43,45,47)/t27-,28+,29-,32-,35+,39-,40-,49?/m0/s1. The number of hydrogen-bond donors (Lipinski definition) is 3. The minimum Gasteiger partial charge on any atom is -0.490 e. The van der Waals surface area contributed by atoms with Crippen molar-refractivity contribution in [1.82, 2.24) is 4.72 Å². The zero-order valence-corrected chi connectivity index (χ0v) is 31.4. The van der Waals surface area contributed by atoms with Crippen LogP contribution in [0.2, 0.25) is 5.02 Å². The van der Waals surface area contributed by atoms with Gasteiger partial charge >= 0.3 is 0 Å². The van der Waals surface area contributed by atoms with E-state index in [9.17, 15) is 14.1 Å². The molecule has 1 fully saturated rings. The number of ether oxygens (including phenoxy) is 1. The van der Waals surface area contributed by atoms with E-state index >= 15 is 0 Å². The number of benzene rings is 2. The second-order valence-electron chi connectivity index (χ2n) is 16.0. The second kappa shape index (κ2) is 14.8. The molecule has 1 spiro atoms. The van der Waals surface area contributed by atoms with E-state index in [1.165, 1.54) is 11.1 Å². The van der Waals surface area contributed by atoms with Crippen molar-refractivity contribution in [2.24, 2.45) is 29.4 Å². The summed E-state index contributed by atoms with van der Waals surface area (Å²) in [5, 5.41) is 13.2. The quantitative estimate of drug-likeness (QED) is 0.272. The number of carbonyl (C=O) groups excluding carboxylic acids is 1. The van der Waals surface area contributed by atoms with Crippen molar-refractivity contribution in [2.75, 3.05) is 31.1 Å². The summed E-state index contributed by atoms with van der Waals surface area (Å²) in [5.74, 6) is 5.42. The van der Waals surface area contributed by atoms with Gasteiger partial charge in [0.2, 0.25) is 0 Å². The summed E-state index contributed by atoms with van der Waals surface area (Å²) in [5.41, 5.74) is 8.84. The first-order valence-electron chi connectivity index (χ1n) is 18.8. The molecule has 8 atom stereocenters. The summed E-state index contributed by atoms with van der Waals surface area (Å²) in [6, 6.07) is 11.9. The first kappa shape index (κ1) is 36.5. The van der Waals surface area contributed by atoms with Crippen molar-refractivity contribution >= 4 is 38.8 Å². The zero-order valence-electron chi connectivity index (χ0n) is 29.9. The van der Waals surface area contributed by atoms with Gasteiger partial charge < -0.3 is 20.5 Å². The number of hydrogen-bond acceptors (Lipinski definition) is 6. The highest BCUT2D eigenvalue weighted by atomic mass is 35.5. The molecule has 2 aliphatic heterocycles.